The van der Waals surface area contributed by atoms with E-state index in [-0.39, 0.29) is 5.02 Å². The molecule has 0 saturated carbocycles. The van der Waals surface area contributed by atoms with Gasteiger partial charge in [-0.05, 0) is 24.3 Å². The van der Waals surface area contributed by atoms with Gasteiger partial charge >= 0.3 is 6.18 Å². The van der Waals surface area contributed by atoms with Crippen molar-refractivity contribution < 1.29 is 26.7 Å². The van der Waals surface area contributed by atoms with E-state index in [0.29, 0.717) is 12.1 Å². The molecule has 21 heavy (non-hydrogen) atoms. The van der Waals surface area contributed by atoms with Crippen LogP contribution in [0.15, 0.2) is 36.4 Å². The highest BCUT2D eigenvalue weighted by atomic mass is 35.5. The highest BCUT2D eigenvalue weighted by molar-refractivity contribution is 6.35. The zero-order chi connectivity index (χ0) is 15.8. The first-order valence-corrected chi connectivity index (χ1v) is 5.95. The van der Waals surface area contributed by atoms with E-state index in [4.69, 9.17) is 11.6 Å². The lowest BCUT2D eigenvalue weighted by atomic mass is 10.0. The molecule has 0 saturated heterocycles. The first-order chi connectivity index (χ1) is 9.71. The van der Waals surface area contributed by atoms with Crippen molar-refractivity contribution in [3.63, 3.8) is 0 Å². The van der Waals surface area contributed by atoms with Gasteiger partial charge in [-0.15, -0.1) is 0 Å². The summed E-state index contributed by atoms with van der Waals surface area (Å²) in [5.41, 5.74) is -2.44. The van der Waals surface area contributed by atoms with Crippen LogP contribution in [0.1, 0.15) is 21.5 Å². The number of benzene rings is 2. The maximum Gasteiger partial charge on any atom is 0.419 e. The fourth-order valence-electron chi connectivity index (χ4n) is 1.75. The van der Waals surface area contributed by atoms with Gasteiger partial charge in [-0.1, -0.05) is 23.7 Å². The summed E-state index contributed by atoms with van der Waals surface area (Å²) in [5.74, 6) is -3.54. The van der Waals surface area contributed by atoms with Crippen LogP contribution in [-0.2, 0) is 6.18 Å². The third-order valence-electron chi connectivity index (χ3n) is 2.73. The lowest BCUT2D eigenvalue weighted by Gasteiger charge is -2.10. The smallest absolute Gasteiger partial charge is 0.288 e. The molecule has 2 aromatic carbocycles. The minimum absolute atomic E-state index is 0.208. The van der Waals surface area contributed by atoms with E-state index in [1.54, 1.807) is 0 Å². The van der Waals surface area contributed by atoms with Gasteiger partial charge in [0.2, 0.25) is 0 Å². The van der Waals surface area contributed by atoms with Crippen molar-refractivity contribution in [2.45, 2.75) is 6.18 Å². The van der Waals surface area contributed by atoms with E-state index < -0.39 is 40.3 Å². The maximum atomic E-state index is 13.6. The second kappa shape index (κ2) is 5.44. The summed E-state index contributed by atoms with van der Waals surface area (Å²) in [5, 5.41) is -0.208. The zero-order valence-electron chi connectivity index (χ0n) is 10.1. The van der Waals surface area contributed by atoms with E-state index in [0.717, 1.165) is 12.1 Å². The van der Waals surface area contributed by atoms with Crippen LogP contribution in [0, 0.1) is 11.6 Å². The van der Waals surface area contributed by atoms with E-state index in [1.165, 1.54) is 12.1 Å². The van der Waals surface area contributed by atoms with Crippen LogP contribution in [-0.4, -0.2) is 5.78 Å². The number of hydrogen-bond acceptors (Lipinski definition) is 1. The lowest BCUT2D eigenvalue weighted by Crippen LogP contribution is -2.11. The Morgan fingerprint density at radius 3 is 2.19 bits per heavy atom. The average Bonchev–Trinajstić information content (AvgIpc) is 2.36. The molecule has 0 atom stereocenters. The van der Waals surface area contributed by atoms with Crippen LogP contribution in [0.4, 0.5) is 22.0 Å². The Hall–Kier alpha value is -1.95. The summed E-state index contributed by atoms with van der Waals surface area (Å²) in [4.78, 5) is 12.0. The van der Waals surface area contributed by atoms with Gasteiger partial charge in [-0.3, -0.25) is 4.79 Å². The molecule has 0 aliphatic carbocycles. The van der Waals surface area contributed by atoms with Crippen LogP contribution in [0.25, 0.3) is 0 Å². The van der Waals surface area contributed by atoms with Gasteiger partial charge in [0.1, 0.15) is 11.6 Å². The molecule has 7 heteroatoms. The fourth-order valence-corrected chi connectivity index (χ4v) is 1.99. The van der Waals surface area contributed by atoms with Crippen LogP contribution < -0.4 is 0 Å². The second-order valence-electron chi connectivity index (χ2n) is 4.12. The van der Waals surface area contributed by atoms with Gasteiger partial charge in [0.15, 0.2) is 5.78 Å². The number of carbonyl (C=O) groups is 1. The van der Waals surface area contributed by atoms with Crippen molar-refractivity contribution in [1.82, 2.24) is 0 Å². The summed E-state index contributed by atoms with van der Waals surface area (Å²) in [6.07, 6.45) is -4.87. The summed E-state index contributed by atoms with van der Waals surface area (Å²) in [7, 11) is 0. The molecule has 0 aromatic heterocycles. The Morgan fingerprint density at radius 1 is 1.00 bits per heavy atom. The van der Waals surface area contributed by atoms with Gasteiger partial charge in [0, 0.05) is 5.56 Å². The van der Waals surface area contributed by atoms with Crippen molar-refractivity contribution in [2.75, 3.05) is 0 Å². The molecular formula is C14H6ClF5O. The van der Waals surface area contributed by atoms with Gasteiger partial charge in [-0.25, -0.2) is 8.78 Å². The van der Waals surface area contributed by atoms with Crippen LogP contribution in [0.5, 0.6) is 0 Å². The molecule has 110 valence electrons. The number of alkyl halides is 3. The Morgan fingerprint density at radius 2 is 1.67 bits per heavy atom. The number of ketones is 1. The van der Waals surface area contributed by atoms with Crippen molar-refractivity contribution in [1.29, 1.82) is 0 Å². The van der Waals surface area contributed by atoms with Gasteiger partial charge in [-0.2, -0.15) is 13.2 Å². The Bertz CT molecular complexity index is 689. The highest BCUT2D eigenvalue weighted by Crippen LogP contribution is 2.32. The van der Waals surface area contributed by atoms with Crippen molar-refractivity contribution in [3.05, 3.63) is 69.7 Å². The summed E-state index contributed by atoms with van der Waals surface area (Å²) in [6.45, 7) is 0. The molecule has 0 aliphatic rings. The quantitative estimate of drug-likeness (QED) is 0.570. The van der Waals surface area contributed by atoms with E-state index in [2.05, 4.69) is 0 Å². The van der Waals surface area contributed by atoms with E-state index >= 15 is 0 Å². The van der Waals surface area contributed by atoms with Crippen LogP contribution in [0.2, 0.25) is 5.02 Å². The molecule has 0 fully saturated rings. The minimum atomic E-state index is -4.87. The topological polar surface area (TPSA) is 17.1 Å². The van der Waals surface area contributed by atoms with Crippen molar-refractivity contribution in [2.24, 2.45) is 0 Å². The van der Waals surface area contributed by atoms with Crippen molar-refractivity contribution in [3.8, 4) is 0 Å². The molecule has 0 spiro atoms. The zero-order valence-corrected chi connectivity index (χ0v) is 10.9. The normalized spacial score (nSPS) is 11.5. The highest BCUT2D eigenvalue weighted by Gasteiger charge is 2.34. The summed E-state index contributed by atoms with van der Waals surface area (Å²) in [6, 6.07) is 5.10. The summed E-state index contributed by atoms with van der Waals surface area (Å²) >= 11 is 5.68. The third kappa shape index (κ3) is 3.05. The van der Waals surface area contributed by atoms with E-state index in [1.807, 2.05) is 0 Å². The predicted octanol–water partition coefficient (Wildman–Crippen LogP) is 4.87. The maximum absolute atomic E-state index is 13.6. The SMILES string of the molecule is O=C(c1ccc(C(F)(F)F)c(F)c1)c1c(F)cccc1Cl. The first kappa shape index (κ1) is 15.4. The number of carbonyl (C=O) groups excluding carboxylic acids is 1. The standard InChI is InChI=1S/C14H6ClF5O/c15-9-2-1-3-10(16)12(9)13(21)7-4-5-8(11(17)6-7)14(18,19)20/h1-6H. The molecular weight excluding hydrogens is 315 g/mol. The van der Waals surface area contributed by atoms with Gasteiger partial charge < -0.3 is 0 Å². The van der Waals surface area contributed by atoms with Gasteiger partial charge in [0.05, 0.1) is 16.1 Å². The average molecular weight is 321 g/mol. The molecule has 2 aromatic rings. The first-order valence-electron chi connectivity index (χ1n) is 5.57. The molecule has 0 amide bonds. The number of hydrogen-bond donors (Lipinski definition) is 0. The second-order valence-corrected chi connectivity index (χ2v) is 4.53. The molecule has 0 aliphatic heterocycles. The molecule has 0 radical (unpaired) electrons. The largest absolute Gasteiger partial charge is 0.419 e. The monoisotopic (exact) mass is 320 g/mol. The molecule has 0 unspecified atom stereocenters. The minimum Gasteiger partial charge on any atom is -0.288 e. The molecule has 0 N–H and O–H groups in total. The van der Waals surface area contributed by atoms with Crippen LogP contribution >= 0.6 is 11.6 Å². The lowest BCUT2D eigenvalue weighted by molar-refractivity contribution is -0.140. The predicted molar refractivity (Wildman–Crippen MR) is 66.2 cm³/mol. The van der Waals surface area contributed by atoms with Crippen LogP contribution in [0.3, 0.4) is 0 Å². The van der Waals surface area contributed by atoms with Crippen molar-refractivity contribution >= 4 is 17.4 Å². The number of rotatable bonds is 2. The molecule has 2 rings (SSSR count). The molecule has 1 nitrogen and oxygen atoms in total. The fraction of sp³-hybridized carbons (Fsp3) is 0.0714. The third-order valence-corrected chi connectivity index (χ3v) is 3.04. The summed E-state index contributed by atoms with van der Waals surface area (Å²) < 4.78 is 64.3. The van der Waals surface area contributed by atoms with E-state index in [9.17, 15) is 26.7 Å². The Balaban J connectivity index is 2.49. The molecule has 0 heterocycles. The Labute approximate surface area is 121 Å². The van der Waals surface area contributed by atoms with Gasteiger partial charge in [0.25, 0.3) is 0 Å². The number of halogens is 6. The molecule has 0 bridgehead atoms. The Kier molecular flexibility index (Phi) is 4.00.